The highest BCUT2D eigenvalue weighted by Crippen LogP contribution is 2.19. The average molecular weight is 365 g/mol. The van der Waals surface area contributed by atoms with Gasteiger partial charge in [-0.3, -0.25) is 0 Å². The maximum absolute atomic E-state index is 12.3. The Morgan fingerprint density at radius 1 is 1.00 bits per heavy atom. The Balaban J connectivity index is 2.63. The van der Waals surface area contributed by atoms with Gasteiger partial charge in [-0.15, -0.1) is 0 Å². The van der Waals surface area contributed by atoms with Crippen molar-refractivity contribution in [2.45, 2.75) is 72.3 Å². The lowest BCUT2D eigenvalue weighted by molar-refractivity contribution is -0.156. The number of benzene rings is 1. The molecule has 0 fully saturated rings. The summed E-state index contributed by atoms with van der Waals surface area (Å²) in [7, 11) is 0. The van der Waals surface area contributed by atoms with Crippen molar-refractivity contribution in [2.75, 3.05) is 0 Å². The Hall–Kier alpha value is -2.24. The first kappa shape index (κ1) is 21.8. The maximum atomic E-state index is 12.3. The molecule has 0 aliphatic heterocycles. The lowest BCUT2D eigenvalue weighted by atomic mass is 10.0. The second-order valence-electron chi connectivity index (χ2n) is 7.65. The van der Waals surface area contributed by atoms with E-state index in [0.29, 0.717) is 5.75 Å². The van der Waals surface area contributed by atoms with Crippen LogP contribution in [0.4, 0.5) is 4.79 Å². The lowest BCUT2D eigenvalue weighted by Crippen LogP contribution is -2.45. The van der Waals surface area contributed by atoms with Crippen LogP contribution in [0.15, 0.2) is 30.3 Å². The van der Waals surface area contributed by atoms with Gasteiger partial charge in [0.2, 0.25) is 0 Å². The average Bonchev–Trinajstić information content (AvgIpc) is 2.51. The minimum atomic E-state index is -0.822. The van der Waals surface area contributed by atoms with Crippen molar-refractivity contribution in [1.29, 1.82) is 0 Å². The largest absolute Gasteiger partial charge is 0.486 e. The molecule has 26 heavy (non-hydrogen) atoms. The van der Waals surface area contributed by atoms with Crippen molar-refractivity contribution in [1.82, 2.24) is 5.32 Å². The van der Waals surface area contributed by atoms with Crippen LogP contribution in [0, 0.1) is 5.92 Å². The van der Waals surface area contributed by atoms with Crippen molar-refractivity contribution in [2.24, 2.45) is 5.92 Å². The SMILES string of the molecule is CC(C)[C@@H](Oc1ccccc1)[C@@H](C)OC(=O)[C@@H](C)NC(=O)OC(C)(C)C. The number of alkyl carbamates (subject to hydrolysis) is 1. The zero-order valence-electron chi connectivity index (χ0n) is 16.7. The molecule has 0 bridgehead atoms. The summed E-state index contributed by atoms with van der Waals surface area (Å²) < 4.78 is 16.6. The molecule has 1 N–H and O–H groups in total. The second-order valence-corrected chi connectivity index (χ2v) is 7.65. The highest BCUT2D eigenvalue weighted by atomic mass is 16.6. The van der Waals surface area contributed by atoms with Gasteiger partial charge >= 0.3 is 12.1 Å². The van der Waals surface area contributed by atoms with Crippen molar-refractivity contribution in [3.05, 3.63) is 30.3 Å². The molecule has 0 radical (unpaired) electrons. The van der Waals surface area contributed by atoms with Gasteiger partial charge in [-0.1, -0.05) is 32.0 Å². The summed E-state index contributed by atoms with van der Waals surface area (Å²) in [6, 6.07) is 8.57. The number of rotatable bonds is 7. The predicted molar refractivity (Wildman–Crippen MR) is 100 cm³/mol. The summed E-state index contributed by atoms with van der Waals surface area (Å²) in [6.07, 6.45) is -1.45. The zero-order chi connectivity index (χ0) is 19.9. The van der Waals surface area contributed by atoms with E-state index in [1.165, 1.54) is 0 Å². The molecular formula is C20H31NO5. The highest BCUT2D eigenvalue weighted by molar-refractivity contribution is 5.81. The fourth-order valence-corrected chi connectivity index (χ4v) is 2.33. The van der Waals surface area contributed by atoms with Gasteiger partial charge in [-0.25, -0.2) is 9.59 Å². The Labute approximate surface area is 156 Å². The van der Waals surface area contributed by atoms with E-state index in [2.05, 4.69) is 5.32 Å². The molecule has 146 valence electrons. The van der Waals surface area contributed by atoms with Gasteiger partial charge in [0, 0.05) is 0 Å². The van der Waals surface area contributed by atoms with Crippen LogP contribution in [0.5, 0.6) is 5.75 Å². The van der Waals surface area contributed by atoms with E-state index < -0.39 is 29.8 Å². The number of nitrogens with one attached hydrogen (secondary N) is 1. The molecule has 0 aliphatic rings. The predicted octanol–water partition coefficient (Wildman–Crippen LogP) is 3.93. The molecule has 1 aromatic rings. The Morgan fingerprint density at radius 2 is 1.58 bits per heavy atom. The Kier molecular flexibility index (Phi) is 7.93. The van der Waals surface area contributed by atoms with Crippen LogP contribution in [0.1, 0.15) is 48.5 Å². The maximum Gasteiger partial charge on any atom is 0.408 e. The number of hydrogen-bond acceptors (Lipinski definition) is 5. The normalized spacial score (nSPS) is 14.9. The van der Waals surface area contributed by atoms with E-state index in [9.17, 15) is 9.59 Å². The molecule has 0 saturated carbocycles. The van der Waals surface area contributed by atoms with Crippen LogP contribution in [0.3, 0.4) is 0 Å². The molecule has 0 saturated heterocycles. The Morgan fingerprint density at radius 3 is 2.08 bits per heavy atom. The summed E-state index contributed by atoms with van der Waals surface area (Å²) in [5.41, 5.74) is -0.632. The minimum absolute atomic E-state index is 0.132. The van der Waals surface area contributed by atoms with Crippen molar-refractivity contribution < 1.29 is 23.8 Å². The standard InChI is InChI=1S/C20H31NO5/c1-13(2)17(25-16-11-9-8-10-12-16)15(4)24-18(22)14(3)21-19(23)26-20(5,6)7/h8-15,17H,1-7H3,(H,21,23)/t14-,15-,17-/m1/s1. The fraction of sp³-hybridized carbons (Fsp3) is 0.600. The number of amides is 1. The van der Waals surface area contributed by atoms with Crippen LogP contribution in [0.2, 0.25) is 0 Å². The van der Waals surface area contributed by atoms with E-state index in [4.69, 9.17) is 14.2 Å². The number of ether oxygens (including phenoxy) is 3. The smallest absolute Gasteiger partial charge is 0.408 e. The third kappa shape index (κ3) is 7.76. The first-order valence-corrected chi connectivity index (χ1v) is 8.91. The van der Waals surface area contributed by atoms with Gasteiger partial charge in [0.05, 0.1) is 0 Å². The second kappa shape index (κ2) is 9.46. The molecule has 6 nitrogen and oxygen atoms in total. The zero-order valence-corrected chi connectivity index (χ0v) is 16.7. The monoisotopic (exact) mass is 365 g/mol. The van der Waals surface area contributed by atoms with Gasteiger partial charge in [-0.05, 0) is 52.7 Å². The van der Waals surface area contributed by atoms with Gasteiger partial charge in [0.25, 0.3) is 0 Å². The van der Waals surface area contributed by atoms with E-state index in [-0.39, 0.29) is 12.0 Å². The molecule has 0 heterocycles. The fourth-order valence-electron chi connectivity index (χ4n) is 2.33. The summed E-state index contributed by atoms with van der Waals surface area (Å²) >= 11 is 0. The molecule has 0 aromatic heterocycles. The lowest BCUT2D eigenvalue weighted by Gasteiger charge is -2.29. The number of hydrogen-bond donors (Lipinski definition) is 1. The minimum Gasteiger partial charge on any atom is -0.486 e. The van der Waals surface area contributed by atoms with Crippen molar-refractivity contribution in [3.8, 4) is 5.75 Å². The molecule has 0 unspecified atom stereocenters. The molecule has 1 amide bonds. The van der Waals surface area contributed by atoms with Gasteiger partial charge in [0.1, 0.15) is 29.6 Å². The topological polar surface area (TPSA) is 73.9 Å². The van der Waals surface area contributed by atoms with Crippen LogP contribution < -0.4 is 10.1 Å². The van der Waals surface area contributed by atoms with Crippen LogP contribution in [-0.2, 0) is 14.3 Å². The summed E-state index contributed by atoms with van der Waals surface area (Å²) in [5, 5.41) is 2.48. The van der Waals surface area contributed by atoms with Crippen molar-refractivity contribution >= 4 is 12.1 Å². The van der Waals surface area contributed by atoms with Crippen LogP contribution in [0.25, 0.3) is 0 Å². The molecule has 0 aliphatic carbocycles. The van der Waals surface area contributed by atoms with Gasteiger partial charge in [-0.2, -0.15) is 0 Å². The van der Waals surface area contributed by atoms with Gasteiger partial charge < -0.3 is 19.5 Å². The Bertz CT molecular complexity index is 580. The number of esters is 1. The van der Waals surface area contributed by atoms with Crippen molar-refractivity contribution in [3.63, 3.8) is 0 Å². The molecule has 1 rings (SSSR count). The van der Waals surface area contributed by atoms with Gasteiger partial charge in [0.15, 0.2) is 0 Å². The van der Waals surface area contributed by atoms with E-state index in [1.807, 2.05) is 44.2 Å². The summed E-state index contributed by atoms with van der Waals surface area (Å²) in [6.45, 7) is 12.6. The summed E-state index contributed by atoms with van der Waals surface area (Å²) in [5.74, 6) is 0.312. The third-order valence-electron chi connectivity index (χ3n) is 3.52. The third-order valence-corrected chi connectivity index (χ3v) is 3.52. The first-order valence-electron chi connectivity index (χ1n) is 8.91. The quantitative estimate of drug-likeness (QED) is 0.741. The number of carbonyl (C=O) groups excluding carboxylic acids is 2. The van der Waals surface area contributed by atoms with Crippen LogP contribution in [-0.4, -0.2) is 35.9 Å². The number of para-hydroxylation sites is 1. The molecule has 3 atom stereocenters. The molecule has 0 spiro atoms. The first-order chi connectivity index (χ1) is 12.0. The highest BCUT2D eigenvalue weighted by Gasteiger charge is 2.29. The van der Waals surface area contributed by atoms with E-state index in [1.54, 1.807) is 34.6 Å². The number of carbonyl (C=O) groups is 2. The van der Waals surface area contributed by atoms with E-state index in [0.717, 1.165) is 0 Å². The summed E-state index contributed by atoms with van der Waals surface area (Å²) in [4.78, 5) is 24.1. The molecule has 1 aromatic carbocycles. The van der Waals surface area contributed by atoms with Crippen LogP contribution >= 0.6 is 0 Å². The van der Waals surface area contributed by atoms with E-state index >= 15 is 0 Å². The molecular weight excluding hydrogens is 334 g/mol. The molecule has 6 heteroatoms.